The molecule has 18 heavy (non-hydrogen) atoms. The average Bonchev–Trinajstić information content (AvgIpc) is 2.38. The third-order valence-corrected chi connectivity index (χ3v) is 2.42. The second-order valence-corrected chi connectivity index (χ2v) is 3.75. The Bertz CT molecular complexity index is 363. The number of aryl methyl sites for hydroxylation is 1. The van der Waals surface area contributed by atoms with Crippen molar-refractivity contribution in [3.8, 4) is 5.75 Å². The number of carbonyl (C=O) groups is 1. The van der Waals surface area contributed by atoms with Crippen molar-refractivity contribution in [3.63, 3.8) is 0 Å². The molecule has 0 spiro atoms. The molecule has 100 valence electrons. The molecule has 0 fully saturated rings. The molecule has 0 aromatic heterocycles. The molecule has 0 N–H and O–H groups in total. The normalized spacial score (nSPS) is 10.1. The van der Waals surface area contributed by atoms with E-state index in [-0.39, 0.29) is 5.97 Å². The third kappa shape index (κ3) is 5.19. The van der Waals surface area contributed by atoms with Crippen molar-refractivity contribution >= 4 is 5.97 Å². The SMILES string of the molecule is CCOc1ccccc1CCC(=O)OCCOC. The highest BCUT2D eigenvalue weighted by Gasteiger charge is 2.07. The molecule has 1 aromatic carbocycles. The Labute approximate surface area is 108 Å². The van der Waals surface area contributed by atoms with E-state index in [1.807, 2.05) is 31.2 Å². The molecule has 1 aromatic rings. The number of ether oxygens (including phenoxy) is 3. The molecule has 0 aliphatic carbocycles. The number of hydrogen-bond donors (Lipinski definition) is 0. The summed E-state index contributed by atoms with van der Waals surface area (Å²) in [6, 6.07) is 7.74. The van der Waals surface area contributed by atoms with Crippen LogP contribution in [0.25, 0.3) is 0 Å². The summed E-state index contributed by atoms with van der Waals surface area (Å²) in [5, 5.41) is 0. The van der Waals surface area contributed by atoms with E-state index in [0.717, 1.165) is 11.3 Å². The molecule has 4 nitrogen and oxygen atoms in total. The lowest BCUT2D eigenvalue weighted by atomic mass is 10.1. The smallest absolute Gasteiger partial charge is 0.306 e. The average molecular weight is 252 g/mol. The third-order valence-electron chi connectivity index (χ3n) is 2.42. The van der Waals surface area contributed by atoms with Crippen molar-refractivity contribution in [2.75, 3.05) is 26.9 Å². The molecule has 0 aliphatic heterocycles. The minimum absolute atomic E-state index is 0.210. The number of esters is 1. The first-order chi connectivity index (χ1) is 8.77. The first kappa shape index (κ1) is 14.5. The lowest BCUT2D eigenvalue weighted by molar-refractivity contribution is -0.144. The van der Waals surface area contributed by atoms with Crippen LogP contribution in [0.1, 0.15) is 18.9 Å². The van der Waals surface area contributed by atoms with Crippen molar-refractivity contribution in [3.05, 3.63) is 29.8 Å². The molecule has 1 rings (SSSR count). The summed E-state index contributed by atoms with van der Waals surface area (Å²) in [6.45, 7) is 3.30. The zero-order valence-electron chi connectivity index (χ0n) is 11.0. The molecule has 0 atom stereocenters. The zero-order valence-corrected chi connectivity index (χ0v) is 11.0. The minimum Gasteiger partial charge on any atom is -0.494 e. The minimum atomic E-state index is -0.210. The van der Waals surface area contributed by atoms with Gasteiger partial charge in [-0.2, -0.15) is 0 Å². The number of benzene rings is 1. The number of para-hydroxylation sites is 1. The van der Waals surface area contributed by atoms with Crippen LogP contribution >= 0.6 is 0 Å². The maximum atomic E-state index is 11.4. The lowest BCUT2D eigenvalue weighted by Crippen LogP contribution is -2.10. The van der Waals surface area contributed by atoms with Crippen LogP contribution < -0.4 is 4.74 Å². The van der Waals surface area contributed by atoms with Gasteiger partial charge in [-0.1, -0.05) is 18.2 Å². The van der Waals surface area contributed by atoms with Gasteiger partial charge in [-0.3, -0.25) is 4.79 Å². The van der Waals surface area contributed by atoms with E-state index in [1.54, 1.807) is 7.11 Å². The summed E-state index contributed by atoms with van der Waals surface area (Å²) in [7, 11) is 1.58. The van der Waals surface area contributed by atoms with Crippen LogP contribution in [0.4, 0.5) is 0 Å². The molecule has 0 unspecified atom stereocenters. The van der Waals surface area contributed by atoms with Gasteiger partial charge in [-0.25, -0.2) is 0 Å². The molecule has 0 saturated carbocycles. The lowest BCUT2D eigenvalue weighted by Gasteiger charge is -2.09. The molecule has 0 heterocycles. The predicted octanol–water partition coefficient (Wildman–Crippen LogP) is 2.21. The molecule has 0 bridgehead atoms. The molecule has 4 heteroatoms. The van der Waals surface area contributed by atoms with Crippen LogP contribution in [0.3, 0.4) is 0 Å². The fourth-order valence-electron chi connectivity index (χ4n) is 1.55. The number of methoxy groups -OCH3 is 1. The fraction of sp³-hybridized carbons (Fsp3) is 0.500. The summed E-state index contributed by atoms with van der Waals surface area (Å²) >= 11 is 0. The topological polar surface area (TPSA) is 44.8 Å². The van der Waals surface area contributed by atoms with Crippen molar-refractivity contribution in [1.82, 2.24) is 0 Å². The molecular weight excluding hydrogens is 232 g/mol. The predicted molar refractivity (Wildman–Crippen MR) is 68.8 cm³/mol. The summed E-state index contributed by atoms with van der Waals surface area (Å²) in [4.78, 5) is 11.4. The van der Waals surface area contributed by atoms with Gasteiger partial charge < -0.3 is 14.2 Å². The fourth-order valence-corrected chi connectivity index (χ4v) is 1.55. The van der Waals surface area contributed by atoms with Crippen LogP contribution in [0.5, 0.6) is 5.75 Å². The quantitative estimate of drug-likeness (QED) is 0.525. The largest absolute Gasteiger partial charge is 0.494 e. The Morgan fingerprint density at radius 2 is 2.00 bits per heavy atom. The van der Waals surface area contributed by atoms with Crippen LogP contribution in [0.15, 0.2) is 24.3 Å². The maximum absolute atomic E-state index is 11.4. The van der Waals surface area contributed by atoms with E-state index < -0.39 is 0 Å². The van der Waals surface area contributed by atoms with E-state index in [2.05, 4.69) is 0 Å². The maximum Gasteiger partial charge on any atom is 0.306 e. The van der Waals surface area contributed by atoms with Crippen molar-refractivity contribution in [1.29, 1.82) is 0 Å². The van der Waals surface area contributed by atoms with Gasteiger partial charge in [0.2, 0.25) is 0 Å². The second-order valence-electron chi connectivity index (χ2n) is 3.75. The highest BCUT2D eigenvalue weighted by Crippen LogP contribution is 2.19. The first-order valence-corrected chi connectivity index (χ1v) is 6.13. The monoisotopic (exact) mass is 252 g/mol. The van der Waals surface area contributed by atoms with Gasteiger partial charge in [-0.15, -0.1) is 0 Å². The standard InChI is InChI=1S/C14H20O4/c1-3-17-13-7-5-4-6-12(13)8-9-14(15)18-11-10-16-2/h4-7H,3,8-11H2,1-2H3. The Kier molecular flexibility index (Phi) is 6.87. The number of rotatable bonds is 8. The van der Waals surface area contributed by atoms with E-state index in [9.17, 15) is 4.79 Å². The van der Waals surface area contributed by atoms with Crippen molar-refractivity contribution in [2.24, 2.45) is 0 Å². The highest BCUT2D eigenvalue weighted by molar-refractivity contribution is 5.69. The van der Waals surface area contributed by atoms with Crippen LogP contribution in [0, 0.1) is 0 Å². The van der Waals surface area contributed by atoms with Crippen LogP contribution in [-0.4, -0.2) is 32.9 Å². The van der Waals surface area contributed by atoms with Gasteiger partial charge >= 0.3 is 5.97 Å². The van der Waals surface area contributed by atoms with Crippen molar-refractivity contribution in [2.45, 2.75) is 19.8 Å². The number of hydrogen-bond acceptors (Lipinski definition) is 4. The summed E-state index contributed by atoms with van der Waals surface area (Å²) in [6.07, 6.45) is 0.982. The van der Waals surface area contributed by atoms with Crippen molar-refractivity contribution < 1.29 is 19.0 Å². The van der Waals surface area contributed by atoms with Gasteiger partial charge in [0, 0.05) is 13.5 Å². The van der Waals surface area contributed by atoms with Gasteiger partial charge in [0.05, 0.1) is 13.2 Å². The Morgan fingerprint density at radius 1 is 1.22 bits per heavy atom. The molecular formula is C14H20O4. The summed E-state index contributed by atoms with van der Waals surface area (Å²) in [5.74, 6) is 0.628. The summed E-state index contributed by atoms with van der Waals surface area (Å²) in [5.41, 5.74) is 1.03. The van der Waals surface area contributed by atoms with E-state index in [4.69, 9.17) is 14.2 Å². The Hall–Kier alpha value is -1.55. The summed E-state index contributed by atoms with van der Waals surface area (Å²) < 4.78 is 15.3. The second kappa shape index (κ2) is 8.53. The van der Waals surface area contributed by atoms with Gasteiger partial charge in [0.15, 0.2) is 0 Å². The van der Waals surface area contributed by atoms with Gasteiger partial charge in [-0.05, 0) is 25.0 Å². The first-order valence-electron chi connectivity index (χ1n) is 6.13. The number of carbonyl (C=O) groups excluding carboxylic acids is 1. The molecule has 0 radical (unpaired) electrons. The van der Waals surface area contributed by atoms with Crippen LogP contribution in [0.2, 0.25) is 0 Å². The van der Waals surface area contributed by atoms with E-state index >= 15 is 0 Å². The Balaban J connectivity index is 2.40. The van der Waals surface area contributed by atoms with Crippen LogP contribution in [-0.2, 0) is 20.7 Å². The molecule has 0 aliphatic rings. The zero-order chi connectivity index (χ0) is 13.2. The molecule has 0 saturated heterocycles. The molecule has 0 amide bonds. The van der Waals surface area contributed by atoms with E-state index in [1.165, 1.54) is 0 Å². The highest BCUT2D eigenvalue weighted by atomic mass is 16.6. The van der Waals surface area contributed by atoms with Gasteiger partial charge in [0.1, 0.15) is 12.4 Å². The Morgan fingerprint density at radius 3 is 2.72 bits per heavy atom. The van der Waals surface area contributed by atoms with E-state index in [0.29, 0.717) is 32.7 Å². The van der Waals surface area contributed by atoms with Gasteiger partial charge in [0.25, 0.3) is 0 Å².